The molecule has 0 saturated heterocycles. The van der Waals surface area contributed by atoms with E-state index in [1.165, 1.54) is 14.2 Å². The molecule has 1 aromatic heterocycles. The average Bonchev–Trinajstić information content (AvgIpc) is 3.01. The van der Waals surface area contributed by atoms with Crippen LogP contribution >= 0.6 is 11.6 Å². The number of nitriles is 1. The molecule has 6 heteroatoms. The van der Waals surface area contributed by atoms with Crippen LogP contribution in [0.25, 0.3) is 22.7 Å². The summed E-state index contributed by atoms with van der Waals surface area (Å²) in [6, 6.07) is 11.6. The van der Waals surface area contributed by atoms with Crippen molar-refractivity contribution in [1.82, 2.24) is 9.97 Å². The summed E-state index contributed by atoms with van der Waals surface area (Å²) in [5.41, 5.74) is 3.94. The van der Waals surface area contributed by atoms with Gasteiger partial charge in [0.25, 0.3) is 0 Å². The van der Waals surface area contributed by atoms with E-state index in [4.69, 9.17) is 21.1 Å². The van der Waals surface area contributed by atoms with Gasteiger partial charge in [-0.3, -0.25) is 0 Å². The van der Waals surface area contributed by atoms with Gasteiger partial charge in [-0.05, 0) is 48.4 Å². The molecule has 0 amide bonds. The van der Waals surface area contributed by atoms with Crippen LogP contribution in [-0.2, 0) is 0 Å². The van der Waals surface area contributed by atoms with E-state index < -0.39 is 0 Å². The Morgan fingerprint density at radius 3 is 2.72 bits per heavy atom. The van der Waals surface area contributed by atoms with Crippen molar-refractivity contribution < 1.29 is 9.47 Å². The number of ether oxygens (including phenoxy) is 2. The van der Waals surface area contributed by atoms with Crippen molar-refractivity contribution in [3.8, 4) is 17.6 Å². The predicted octanol–water partition coefficient (Wildman–Crippen LogP) is 4.61. The first-order chi connectivity index (χ1) is 12.0. The molecule has 0 atom stereocenters. The Morgan fingerprint density at radius 2 is 2.04 bits per heavy atom. The number of imidazole rings is 1. The fraction of sp³-hybridized carbons (Fsp3) is 0.158. The topological polar surface area (TPSA) is 70.9 Å². The zero-order valence-electron chi connectivity index (χ0n) is 14.1. The first kappa shape index (κ1) is 16.9. The molecule has 0 unspecified atom stereocenters. The number of fused-ring (bicyclic) bond motifs is 1. The van der Waals surface area contributed by atoms with Gasteiger partial charge in [0.15, 0.2) is 11.5 Å². The smallest absolute Gasteiger partial charge is 0.179 e. The number of halogens is 1. The van der Waals surface area contributed by atoms with Gasteiger partial charge in [0.05, 0.1) is 35.8 Å². The van der Waals surface area contributed by atoms with Crippen molar-refractivity contribution in [2.75, 3.05) is 14.2 Å². The number of aromatic nitrogens is 2. The lowest BCUT2D eigenvalue weighted by Gasteiger charge is -2.10. The maximum Gasteiger partial charge on any atom is 0.179 e. The number of allylic oxidation sites excluding steroid dienone is 1. The Hall–Kier alpha value is -2.97. The molecule has 0 aliphatic heterocycles. The summed E-state index contributed by atoms with van der Waals surface area (Å²) in [7, 11) is 3.06. The van der Waals surface area contributed by atoms with Crippen molar-refractivity contribution in [2.24, 2.45) is 0 Å². The highest BCUT2D eigenvalue weighted by atomic mass is 35.5. The third kappa shape index (κ3) is 3.30. The van der Waals surface area contributed by atoms with Gasteiger partial charge in [-0.2, -0.15) is 5.26 Å². The molecule has 126 valence electrons. The van der Waals surface area contributed by atoms with Crippen molar-refractivity contribution in [3.05, 3.63) is 52.3 Å². The summed E-state index contributed by atoms with van der Waals surface area (Å²) >= 11 is 6.23. The van der Waals surface area contributed by atoms with Gasteiger partial charge >= 0.3 is 0 Å². The third-order valence-corrected chi connectivity index (χ3v) is 4.06. The zero-order valence-corrected chi connectivity index (χ0v) is 14.8. The van der Waals surface area contributed by atoms with Crippen molar-refractivity contribution in [3.63, 3.8) is 0 Å². The number of rotatable bonds is 4. The second kappa shape index (κ2) is 6.88. The molecular weight excluding hydrogens is 338 g/mol. The number of aromatic amines is 1. The third-order valence-electron chi connectivity index (χ3n) is 3.78. The van der Waals surface area contributed by atoms with Gasteiger partial charge in [0, 0.05) is 0 Å². The predicted molar refractivity (Wildman–Crippen MR) is 98.9 cm³/mol. The molecule has 2 aromatic carbocycles. The number of nitrogens with one attached hydrogen (secondary N) is 1. The molecule has 0 radical (unpaired) electrons. The Labute approximate surface area is 150 Å². The molecule has 0 aliphatic rings. The monoisotopic (exact) mass is 353 g/mol. The lowest BCUT2D eigenvalue weighted by Crippen LogP contribution is -1.92. The van der Waals surface area contributed by atoms with E-state index in [0.29, 0.717) is 27.9 Å². The highest BCUT2D eigenvalue weighted by Crippen LogP contribution is 2.37. The molecule has 0 bridgehead atoms. The number of methoxy groups -OCH3 is 2. The van der Waals surface area contributed by atoms with Crippen LogP contribution in [0.15, 0.2) is 30.3 Å². The van der Waals surface area contributed by atoms with Crippen LogP contribution in [0.5, 0.6) is 11.5 Å². The molecule has 0 aliphatic carbocycles. The SMILES string of the molecule is COc1cc(/C=C(/C#N)c2nc3ccc(C)cc3[nH]2)cc(Cl)c1OC. The van der Waals surface area contributed by atoms with Crippen molar-refractivity contribution >= 4 is 34.3 Å². The molecule has 1 heterocycles. The van der Waals surface area contributed by atoms with Gasteiger partial charge in [-0.15, -0.1) is 0 Å². The lowest BCUT2D eigenvalue weighted by molar-refractivity contribution is 0.355. The second-order valence-corrected chi connectivity index (χ2v) is 5.92. The summed E-state index contributed by atoms with van der Waals surface area (Å²) in [6.07, 6.45) is 1.71. The molecule has 0 fully saturated rings. The number of benzene rings is 2. The van der Waals surface area contributed by atoms with Crippen molar-refractivity contribution in [2.45, 2.75) is 6.92 Å². The largest absolute Gasteiger partial charge is 0.493 e. The van der Waals surface area contributed by atoms with Gasteiger partial charge in [0.1, 0.15) is 11.9 Å². The van der Waals surface area contributed by atoms with Crippen molar-refractivity contribution in [1.29, 1.82) is 5.26 Å². The zero-order chi connectivity index (χ0) is 18.0. The first-order valence-electron chi connectivity index (χ1n) is 7.55. The number of H-pyrrole nitrogens is 1. The highest BCUT2D eigenvalue weighted by Gasteiger charge is 2.12. The number of hydrogen-bond donors (Lipinski definition) is 1. The summed E-state index contributed by atoms with van der Waals surface area (Å²) in [6.45, 7) is 2.01. The molecule has 0 spiro atoms. The van der Waals surface area contributed by atoms with Gasteiger partial charge < -0.3 is 14.5 Å². The fourth-order valence-electron chi connectivity index (χ4n) is 2.59. The summed E-state index contributed by atoms with van der Waals surface area (Å²) in [4.78, 5) is 7.67. The van der Waals surface area contributed by atoms with Gasteiger partial charge in [0.2, 0.25) is 0 Å². The Balaban J connectivity index is 2.08. The van der Waals surface area contributed by atoms with Crippen LogP contribution < -0.4 is 9.47 Å². The highest BCUT2D eigenvalue weighted by molar-refractivity contribution is 6.32. The van der Waals surface area contributed by atoms with Crippen LogP contribution in [-0.4, -0.2) is 24.2 Å². The fourth-order valence-corrected chi connectivity index (χ4v) is 2.89. The summed E-state index contributed by atoms with van der Waals surface area (Å²) in [5, 5.41) is 9.96. The van der Waals surface area contributed by atoms with E-state index >= 15 is 0 Å². The number of aryl methyl sites for hydroxylation is 1. The molecule has 3 rings (SSSR count). The van der Waals surface area contributed by atoms with E-state index in [-0.39, 0.29) is 0 Å². The Morgan fingerprint density at radius 1 is 1.24 bits per heavy atom. The Kier molecular flexibility index (Phi) is 4.64. The van der Waals surface area contributed by atoms with E-state index in [1.807, 2.05) is 25.1 Å². The van der Waals surface area contributed by atoms with Crippen LogP contribution in [0.1, 0.15) is 17.0 Å². The lowest BCUT2D eigenvalue weighted by atomic mass is 10.1. The van der Waals surface area contributed by atoms with E-state index in [2.05, 4.69) is 16.0 Å². The normalized spacial score (nSPS) is 11.4. The van der Waals surface area contributed by atoms with Crippen LogP contribution in [0.4, 0.5) is 0 Å². The minimum Gasteiger partial charge on any atom is -0.493 e. The second-order valence-electron chi connectivity index (χ2n) is 5.51. The molecular formula is C19H16ClN3O2. The summed E-state index contributed by atoms with van der Waals surface area (Å²) < 4.78 is 10.5. The Bertz CT molecular complexity index is 1020. The summed E-state index contributed by atoms with van der Waals surface area (Å²) in [5.74, 6) is 1.46. The number of hydrogen-bond acceptors (Lipinski definition) is 4. The molecule has 0 saturated carbocycles. The first-order valence-corrected chi connectivity index (χ1v) is 7.93. The van der Waals surface area contributed by atoms with Gasteiger partial charge in [-0.1, -0.05) is 17.7 Å². The number of nitrogens with zero attached hydrogens (tertiary/aromatic N) is 2. The maximum absolute atomic E-state index is 9.55. The molecule has 3 aromatic rings. The quantitative estimate of drug-likeness (QED) is 0.695. The van der Waals surface area contributed by atoms with E-state index in [0.717, 1.165) is 22.2 Å². The van der Waals surface area contributed by atoms with Crippen LogP contribution in [0.2, 0.25) is 5.02 Å². The average molecular weight is 354 g/mol. The minimum absolute atomic E-state index is 0.400. The molecule has 1 N–H and O–H groups in total. The minimum atomic E-state index is 0.400. The maximum atomic E-state index is 9.55. The van der Waals surface area contributed by atoms with E-state index in [9.17, 15) is 5.26 Å². The standard InChI is InChI=1S/C19H16ClN3O2/c1-11-4-5-15-16(6-11)23-19(22-15)13(10-21)7-12-8-14(20)18(25-3)17(9-12)24-2/h4-9H,1-3H3,(H,22,23)/b13-7-. The van der Waals surface area contributed by atoms with E-state index in [1.54, 1.807) is 18.2 Å². The molecule has 5 nitrogen and oxygen atoms in total. The van der Waals surface area contributed by atoms with Gasteiger partial charge in [-0.25, -0.2) is 4.98 Å². The van der Waals surface area contributed by atoms with Crippen LogP contribution in [0, 0.1) is 18.3 Å². The molecule has 25 heavy (non-hydrogen) atoms. The van der Waals surface area contributed by atoms with Crippen LogP contribution in [0.3, 0.4) is 0 Å².